The van der Waals surface area contributed by atoms with E-state index in [0.717, 1.165) is 44.5 Å². The molecule has 0 bridgehead atoms. The van der Waals surface area contributed by atoms with Crippen molar-refractivity contribution < 1.29 is 9.84 Å². The summed E-state index contributed by atoms with van der Waals surface area (Å²) in [6, 6.07) is 6.42. The third kappa shape index (κ3) is 2.06. The van der Waals surface area contributed by atoms with Crippen LogP contribution in [-0.2, 0) is 6.42 Å². The predicted octanol–water partition coefficient (Wildman–Crippen LogP) is 3.03. The van der Waals surface area contributed by atoms with Gasteiger partial charge >= 0.3 is 0 Å². The number of aryl methyl sites for hydroxylation is 1. The summed E-state index contributed by atoms with van der Waals surface area (Å²) in [5, 5.41) is 10.2. The lowest BCUT2D eigenvalue weighted by Gasteiger charge is -2.31. The second-order valence-corrected chi connectivity index (χ2v) is 5.25. The fourth-order valence-corrected chi connectivity index (χ4v) is 3.18. The largest absolute Gasteiger partial charge is 0.493 e. The monoisotopic (exact) mass is 232 g/mol. The topological polar surface area (TPSA) is 29.5 Å². The molecule has 1 N–H and O–H groups in total. The van der Waals surface area contributed by atoms with E-state index >= 15 is 0 Å². The number of hydrogen-bond donors (Lipinski definition) is 1. The molecule has 0 amide bonds. The first kappa shape index (κ1) is 11.1. The van der Waals surface area contributed by atoms with Crippen LogP contribution in [0.3, 0.4) is 0 Å². The van der Waals surface area contributed by atoms with Crippen LogP contribution in [-0.4, -0.2) is 17.8 Å². The summed E-state index contributed by atoms with van der Waals surface area (Å²) in [5.74, 6) is 1.36. The molecule has 1 aromatic carbocycles. The number of fused-ring (bicyclic) bond motifs is 1. The zero-order chi connectivity index (χ0) is 11.7. The van der Waals surface area contributed by atoms with Gasteiger partial charge in [-0.3, -0.25) is 0 Å². The summed E-state index contributed by atoms with van der Waals surface area (Å²) < 4.78 is 5.85. The maximum absolute atomic E-state index is 10.2. The predicted molar refractivity (Wildman–Crippen MR) is 67.5 cm³/mol. The van der Waals surface area contributed by atoms with E-state index in [1.165, 1.54) is 17.5 Å². The highest BCUT2D eigenvalue weighted by Crippen LogP contribution is 2.40. The number of hydrogen-bond acceptors (Lipinski definition) is 2. The molecule has 92 valence electrons. The maximum atomic E-state index is 10.2. The van der Waals surface area contributed by atoms with Crippen molar-refractivity contribution in [2.75, 3.05) is 6.61 Å². The van der Waals surface area contributed by atoms with E-state index in [1.54, 1.807) is 0 Å². The smallest absolute Gasteiger partial charge is 0.126 e. The van der Waals surface area contributed by atoms with Crippen molar-refractivity contribution in [2.45, 2.75) is 50.5 Å². The summed E-state index contributed by atoms with van der Waals surface area (Å²) in [6.45, 7) is 0.826. The molecule has 1 aromatic rings. The van der Waals surface area contributed by atoms with Crippen molar-refractivity contribution in [2.24, 2.45) is 0 Å². The van der Waals surface area contributed by atoms with Crippen molar-refractivity contribution in [1.82, 2.24) is 0 Å². The van der Waals surface area contributed by atoms with E-state index < -0.39 is 0 Å². The van der Waals surface area contributed by atoms with Gasteiger partial charge in [-0.1, -0.05) is 31.0 Å². The lowest BCUT2D eigenvalue weighted by Crippen LogP contribution is -2.24. The van der Waals surface area contributed by atoms with Crippen LogP contribution in [0.1, 0.15) is 49.1 Å². The zero-order valence-corrected chi connectivity index (χ0v) is 10.2. The molecule has 2 unspecified atom stereocenters. The normalized spacial score (nSPS) is 28.3. The molecule has 2 heteroatoms. The SMILES string of the molecule is OC1CCCCC1c1cccc2c1OCCC2. The second-order valence-electron chi connectivity index (χ2n) is 5.25. The van der Waals surface area contributed by atoms with Gasteiger partial charge in [-0.15, -0.1) is 0 Å². The number of aliphatic hydroxyl groups is 1. The summed E-state index contributed by atoms with van der Waals surface area (Å²) in [7, 11) is 0. The van der Waals surface area contributed by atoms with Crippen molar-refractivity contribution in [3.8, 4) is 5.75 Å². The van der Waals surface area contributed by atoms with Crippen molar-refractivity contribution >= 4 is 0 Å². The molecular formula is C15H20O2. The Morgan fingerprint density at radius 3 is 2.88 bits per heavy atom. The number of para-hydroxylation sites is 1. The van der Waals surface area contributed by atoms with Crippen molar-refractivity contribution in [3.63, 3.8) is 0 Å². The molecule has 17 heavy (non-hydrogen) atoms. The minimum atomic E-state index is -0.180. The molecule has 1 saturated carbocycles. The van der Waals surface area contributed by atoms with Crippen LogP contribution < -0.4 is 4.74 Å². The third-order valence-electron chi connectivity index (χ3n) is 4.09. The maximum Gasteiger partial charge on any atom is 0.126 e. The molecule has 0 spiro atoms. The Morgan fingerprint density at radius 2 is 2.00 bits per heavy atom. The zero-order valence-electron chi connectivity index (χ0n) is 10.2. The van der Waals surface area contributed by atoms with Gasteiger partial charge in [0.25, 0.3) is 0 Å². The van der Waals surface area contributed by atoms with Gasteiger partial charge in [0.05, 0.1) is 12.7 Å². The second kappa shape index (κ2) is 4.69. The molecule has 1 heterocycles. The molecule has 1 aliphatic carbocycles. The molecule has 1 fully saturated rings. The van der Waals surface area contributed by atoms with Crippen LogP contribution >= 0.6 is 0 Å². The van der Waals surface area contributed by atoms with E-state index in [0.29, 0.717) is 0 Å². The highest BCUT2D eigenvalue weighted by molar-refractivity contribution is 5.45. The molecule has 3 rings (SSSR count). The van der Waals surface area contributed by atoms with E-state index in [-0.39, 0.29) is 12.0 Å². The van der Waals surface area contributed by atoms with Crippen LogP contribution in [0.15, 0.2) is 18.2 Å². The van der Waals surface area contributed by atoms with E-state index in [9.17, 15) is 5.11 Å². The van der Waals surface area contributed by atoms with E-state index in [2.05, 4.69) is 18.2 Å². The summed E-state index contributed by atoms with van der Waals surface area (Å²) in [6.07, 6.45) is 6.48. The molecule has 0 aromatic heterocycles. The van der Waals surface area contributed by atoms with Gasteiger partial charge in [0, 0.05) is 11.5 Å². The summed E-state index contributed by atoms with van der Waals surface area (Å²) >= 11 is 0. The van der Waals surface area contributed by atoms with Crippen LogP contribution in [0.2, 0.25) is 0 Å². The summed E-state index contributed by atoms with van der Waals surface area (Å²) in [5.41, 5.74) is 2.57. The number of aliphatic hydroxyl groups excluding tert-OH is 1. The Morgan fingerprint density at radius 1 is 1.12 bits per heavy atom. The standard InChI is InChI=1S/C15H20O2/c16-14-9-2-1-7-12(14)13-8-3-5-11-6-4-10-17-15(11)13/h3,5,8,12,14,16H,1-2,4,6-7,9-10H2. The van der Waals surface area contributed by atoms with Gasteiger partial charge in [0.1, 0.15) is 5.75 Å². The third-order valence-corrected chi connectivity index (χ3v) is 4.09. The molecule has 0 saturated heterocycles. The molecular weight excluding hydrogens is 212 g/mol. The fourth-order valence-electron chi connectivity index (χ4n) is 3.18. The number of ether oxygens (including phenoxy) is 1. The average molecular weight is 232 g/mol. The van der Waals surface area contributed by atoms with Crippen molar-refractivity contribution in [3.05, 3.63) is 29.3 Å². The van der Waals surface area contributed by atoms with E-state index in [4.69, 9.17) is 4.74 Å². The Labute approximate surface area is 103 Å². The van der Waals surface area contributed by atoms with Gasteiger partial charge < -0.3 is 9.84 Å². The van der Waals surface area contributed by atoms with Gasteiger partial charge in [-0.25, -0.2) is 0 Å². The highest BCUT2D eigenvalue weighted by Gasteiger charge is 2.28. The van der Waals surface area contributed by atoms with Crippen LogP contribution in [0.25, 0.3) is 0 Å². The van der Waals surface area contributed by atoms with Crippen LogP contribution in [0.5, 0.6) is 5.75 Å². The van der Waals surface area contributed by atoms with Gasteiger partial charge in [0.2, 0.25) is 0 Å². The average Bonchev–Trinajstić information content (AvgIpc) is 2.39. The molecule has 1 aliphatic heterocycles. The first-order valence-corrected chi connectivity index (χ1v) is 6.79. The Kier molecular flexibility index (Phi) is 3.06. The van der Waals surface area contributed by atoms with Crippen LogP contribution in [0.4, 0.5) is 0 Å². The minimum Gasteiger partial charge on any atom is -0.493 e. The lowest BCUT2D eigenvalue weighted by molar-refractivity contribution is 0.104. The first-order valence-electron chi connectivity index (χ1n) is 6.79. The van der Waals surface area contributed by atoms with Crippen molar-refractivity contribution in [1.29, 1.82) is 0 Å². The molecule has 2 atom stereocenters. The van der Waals surface area contributed by atoms with Gasteiger partial charge in [0.15, 0.2) is 0 Å². The van der Waals surface area contributed by atoms with E-state index in [1.807, 2.05) is 0 Å². The fraction of sp³-hybridized carbons (Fsp3) is 0.600. The van der Waals surface area contributed by atoms with Crippen LogP contribution in [0, 0.1) is 0 Å². The molecule has 0 radical (unpaired) electrons. The Balaban J connectivity index is 1.96. The quantitative estimate of drug-likeness (QED) is 0.806. The first-order chi connectivity index (χ1) is 8.36. The Bertz CT molecular complexity index is 400. The van der Waals surface area contributed by atoms with Gasteiger partial charge in [-0.05, 0) is 31.2 Å². The lowest BCUT2D eigenvalue weighted by atomic mass is 9.80. The molecule has 2 aliphatic rings. The minimum absolute atomic E-state index is 0.180. The number of rotatable bonds is 1. The molecule has 2 nitrogen and oxygen atoms in total. The highest BCUT2D eigenvalue weighted by atomic mass is 16.5. The number of benzene rings is 1. The Hall–Kier alpha value is -1.02. The summed E-state index contributed by atoms with van der Waals surface area (Å²) in [4.78, 5) is 0. The van der Waals surface area contributed by atoms with Gasteiger partial charge in [-0.2, -0.15) is 0 Å².